The predicted molar refractivity (Wildman–Crippen MR) is 166 cm³/mol. The maximum atomic E-state index is 14.4. The Bertz CT molecular complexity index is 1610. The molecule has 43 heavy (non-hydrogen) atoms. The summed E-state index contributed by atoms with van der Waals surface area (Å²) in [6.07, 6.45) is 0.908. The van der Waals surface area contributed by atoms with Crippen LogP contribution < -0.4 is 9.62 Å². The molecule has 0 heterocycles. The number of hydrogen-bond acceptors (Lipinski definition) is 4. The van der Waals surface area contributed by atoms with E-state index in [-0.39, 0.29) is 23.8 Å². The van der Waals surface area contributed by atoms with Gasteiger partial charge in [-0.15, -0.1) is 0 Å². The summed E-state index contributed by atoms with van der Waals surface area (Å²) in [6, 6.07) is 28.9. The van der Waals surface area contributed by atoms with Crippen LogP contribution in [0.3, 0.4) is 0 Å². The minimum Gasteiger partial charge on any atom is -0.354 e. The van der Waals surface area contributed by atoms with E-state index >= 15 is 0 Å². The van der Waals surface area contributed by atoms with Crippen LogP contribution in [0.1, 0.15) is 30.0 Å². The Balaban J connectivity index is 1.79. The Morgan fingerprint density at radius 1 is 0.814 bits per heavy atom. The molecule has 0 spiro atoms. The zero-order valence-electron chi connectivity index (χ0n) is 24.3. The lowest BCUT2D eigenvalue weighted by atomic mass is 10.0. The van der Waals surface area contributed by atoms with Gasteiger partial charge < -0.3 is 10.2 Å². The molecule has 9 heteroatoms. The summed E-state index contributed by atoms with van der Waals surface area (Å²) in [5, 5.41) is 2.91. The van der Waals surface area contributed by atoms with Gasteiger partial charge in [-0.05, 0) is 60.4 Å². The molecular formula is C34H36FN3O4S. The van der Waals surface area contributed by atoms with Gasteiger partial charge in [-0.1, -0.05) is 85.8 Å². The smallest absolute Gasteiger partial charge is 0.264 e. The van der Waals surface area contributed by atoms with E-state index < -0.39 is 34.3 Å². The summed E-state index contributed by atoms with van der Waals surface area (Å²) in [5.74, 6) is -1.35. The standard InChI is InChI=1S/C34H36FN3O4S/c1-3-22-36-34(40)32(23-27-13-6-4-7-14-27)37(24-28-18-20-29(35)21-19-28)33(39)25-38(31-17-11-10-12-26(31)2)43(41,42)30-15-8-5-9-16-30/h4-21,32H,3,22-25H2,1-2H3,(H,36,40)/t32-/m0/s1. The number of benzene rings is 4. The molecule has 1 N–H and O–H groups in total. The Morgan fingerprint density at radius 3 is 2.05 bits per heavy atom. The highest BCUT2D eigenvalue weighted by Gasteiger charge is 2.34. The number of rotatable bonds is 13. The number of anilines is 1. The van der Waals surface area contributed by atoms with Crippen LogP contribution in [0.25, 0.3) is 0 Å². The van der Waals surface area contributed by atoms with Gasteiger partial charge in [0.05, 0.1) is 10.6 Å². The predicted octanol–water partition coefficient (Wildman–Crippen LogP) is 5.50. The SMILES string of the molecule is CCCNC(=O)[C@H](Cc1ccccc1)N(Cc1ccc(F)cc1)C(=O)CN(c1ccccc1C)S(=O)(=O)c1ccccc1. The van der Waals surface area contributed by atoms with E-state index in [4.69, 9.17) is 0 Å². The monoisotopic (exact) mass is 601 g/mol. The molecule has 0 aromatic heterocycles. The molecule has 0 bridgehead atoms. The fraction of sp³-hybridized carbons (Fsp3) is 0.235. The van der Waals surface area contributed by atoms with Crippen molar-refractivity contribution in [2.75, 3.05) is 17.4 Å². The van der Waals surface area contributed by atoms with E-state index in [1.807, 2.05) is 37.3 Å². The summed E-state index contributed by atoms with van der Waals surface area (Å²) in [5.41, 5.74) is 2.46. The molecule has 0 aliphatic carbocycles. The van der Waals surface area contributed by atoms with Crippen molar-refractivity contribution >= 4 is 27.5 Å². The van der Waals surface area contributed by atoms with Gasteiger partial charge in [-0.3, -0.25) is 13.9 Å². The van der Waals surface area contributed by atoms with Crippen molar-refractivity contribution < 1.29 is 22.4 Å². The first-order chi connectivity index (χ1) is 20.7. The Hall–Kier alpha value is -4.50. The highest BCUT2D eigenvalue weighted by atomic mass is 32.2. The van der Waals surface area contributed by atoms with Crippen molar-refractivity contribution in [3.63, 3.8) is 0 Å². The summed E-state index contributed by atoms with van der Waals surface area (Å²) < 4.78 is 42.9. The highest BCUT2D eigenvalue weighted by molar-refractivity contribution is 7.92. The summed E-state index contributed by atoms with van der Waals surface area (Å²) in [4.78, 5) is 29.4. The lowest BCUT2D eigenvalue weighted by Gasteiger charge is -2.34. The number of carbonyl (C=O) groups excluding carboxylic acids is 2. The van der Waals surface area contributed by atoms with Crippen LogP contribution in [0, 0.1) is 12.7 Å². The number of aryl methyl sites for hydroxylation is 1. The number of nitrogens with zero attached hydrogens (tertiary/aromatic N) is 2. The number of carbonyl (C=O) groups is 2. The molecule has 224 valence electrons. The first kappa shape index (κ1) is 31.4. The first-order valence-corrected chi connectivity index (χ1v) is 15.6. The average Bonchev–Trinajstić information content (AvgIpc) is 3.02. The number of hydrogen-bond donors (Lipinski definition) is 1. The van der Waals surface area contributed by atoms with Crippen molar-refractivity contribution in [3.05, 3.63) is 132 Å². The molecule has 4 aromatic carbocycles. The van der Waals surface area contributed by atoms with Crippen molar-refractivity contribution in [1.82, 2.24) is 10.2 Å². The normalized spacial score (nSPS) is 11.9. The molecule has 4 rings (SSSR count). The van der Waals surface area contributed by atoms with Crippen molar-refractivity contribution in [2.24, 2.45) is 0 Å². The Morgan fingerprint density at radius 2 is 1.42 bits per heavy atom. The van der Waals surface area contributed by atoms with Crippen LogP contribution in [0.15, 0.2) is 114 Å². The Kier molecular flexibility index (Phi) is 10.7. The van der Waals surface area contributed by atoms with E-state index in [2.05, 4.69) is 5.32 Å². The molecule has 0 unspecified atom stereocenters. The molecule has 1 atom stereocenters. The second-order valence-electron chi connectivity index (χ2n) is 10.3. The topological polar surface area (TPSA) is 86.8 Å². The van der Waals surface area contributed by atoms with Gasteiger partial charge in [0.1, 0.15) is 18.4 Å². The second-order valence-corrected chi connectivity index (χ2v) is 12.1. The number of sulfonamides is 1. The number of nitrogens with one attached hydrogen (secondary N) is 1. The fourth-order valence-electron chi connectivity index (χ4n) is 4.78. The van der Waals surface area contributed by atoms with E-state index in [0.29, 0.717) is 29.8 Å². The lowest BCUT2D eigenvalue weighted by molar-refractivity contribution is -0.140. The van der Waals surface area contributed by atoms with Gasteiger partial charge in [-0.2, -0.15) is 0 Å². The van der Waals surface area contributed by atoms with Gasteiger partial charge in [0.15, 0.2) is 0 Å². The third-order valence-corrected chi connectivity index (χ3v) is 8.85. The van der Waals surface area contributed by atoms with Gasteiger partial charge >= 0.3 is 0 Å². The molecule has 0 aliphatic rings. The minimum atomic E-state index is -4.17. The van der Waals surface area contributed by atoms with Crippen LogP contribution in [-0.4, -0.2) is 44.3 Å². The third-order valence-electron chi connectivity index (χ3n) is 7.08. The van der Waals surface area contributed by atoms with Gasteiger partial charge in [0.25, 0.3) is 10.0 Å². The van der Waals surface area contributed by atoms with Gasteiger partial charge in [-0.25, -0.2) is 12.8 Å². The van der Waals surface area contributed by atoms with E-state index in [0.717, 1.165) is 9.87 Å². The number of amides is 2. The molecule has 0 saturated carbocycles. The Labute approximate surface area is 253 Å². The molecule has 4 aromatic rings. The first-order valence-electron chi connectivity index (χ1n) is 14.2. The molecular weight excluding hydrogens is 565 g/mol. The lowest BCUT2D eigenvalue weighted by Crippen LogP contribution is -2.53. The van der Waals surface area contributed by atoms with E-state index in [1.165, 1.54) is 29.2 Å². The maximum absolute atomic E-state index is 14.4. The van der Waals surface area contributed by atoms with Crippen molar-refractivity contribution in [2.45, 2.75) is 44.2 Å². The summed E-state index contributed by atoms with van der Waals surface area (Å²) >= 11 is 0. The molecule has 0 aliphatic heterocycles. The van der Waals surface area contributed by atoms with Crippen LogP contribution in [0.5, 0.6) is 0 Å². The van der Waals surface area contributed by atoms with Crippen LogP contribution in [0.4, 0.5) is 10.1 Å². The van der Waals surface area contributed by atoms with Crippen LogP contribution in [-0.2, 0) is 32.6 Å². The largest absolute Gasteiger partial charge is 0.354 e. The molecule has 0 saturated heterocycles. The minimum absolute atomic E-state index is 0.0246. The summed E-state index contributed by atoms with van der Waals surface area (Å²) in [6.45, 7) is 3.56. The highest BCUT2D eigenvalue weighted by Crippen LogP contribution is 2.27. The number of halogens is 1. The average molecular weight is 602 g/mol. The molecule has 0 radical (unpaired) electrons. The second kappa shape index (κ2) is 14.6. The van der Waals surface area contributed by atoms with Crippen molar-refractivity contribution in [1.29, 1.82) is 0 Å². The molecule has 7 nitrogen and oxygen atoms in total. The molecule has 2 amide bonds. The quantitative estimate of drug-likeness (QED) is 0.219. The zero-order valence-corrected chi connectivity index (χ0v) is 25.1. The molecule has 0 fully saturated rings. The van der Waals surface area contributed by atoms with E-state index in [1.54, 1.807) is 61.5 Å². The number of para-hydroxylation sites is 1. The maximum Gasteiger partial charge on any atom is 0.264 e. The zero-order chi connectivity index (χ0) is 30.8. The van der Waals surface area contributed by atoms with Crippen LogP contribution >= 0.6 is 0 Å². The van der Waals surface area contributed by atoms with E-state index in [9.17, 15) is 22.4 Å². The van der Waals surface area contributed by atoms with Gasteiger partial charge in [0, 0.05) is 19.5 Å². The summed E-state index contributed by atoms with van der Waals surface area (Å²) in [7, 11) is -4.17. The fourth-order valence-corrected chi connectivity index (χ4v) is 6.28. The van der Waals surface area contributed by atoms with Crippen LogP contribution in [0.2, 0.25) is 0 Å². The van der Waals surface area contributed by atoms with Gasteiger partial charge in [0.2, 0.25) is 11.8 Å². The van der Waals surface area contributed by atoms with Crippen molar-refractivity contribution in [3.8, 4) is 0 Å². The third kappa shape index (κ3) is 8.08.